The molecule has 0 bridgehead atoms. The predicted octanol–water partition coefficient (Wildman–Crippen LogP) is 2.43. The van der Waals surface area contributed by atoms with Gasteiger partial charge in [-0.15, -0.1) is 0 Å². The highest BCUT2D eigenvalue weighted by Crippen LogP contribution is 2.14. The second-order valence-corrected chi connectivity index (χ2v) is 6.69. The Labute approximate surface area is 173 Å². The van der Waals surface area contributed by atoms with Crippen molar-refractivity contribution in [2.45, 2.75) is 13.5 Å². The number of esters is 1. The number of nitrogens with one attached hydrogen (secondary N) is 1. The van der Waals surface area contributed by atoms with Gasteiger partial charge < -0.3 is 14.8 Å². The molecule has 1 aromatic heterocycles. The fourth-order valence-electron chi connectivity index (χ4n) is 3.06. The smallest absolute Gasteiger partial charge is 0.338 e. The molecule has 1 amide bonds. The number of carbonyl (C=O) groups excluding carboxylic acids is 2. The van der Waals surface area contributed by atoms with E-state index in [0.29, 0.717) is 23.6 Å². The van der Waals surface area contributed by atoms with Crippen LogP contribution in [0.2, 0.25) is 0 Å². The van der Waals surface area contributed by atoms with Crippen molar-refractivity contribution in [2.24, 2.45) is 7.05 Å². The van der Waals surface area contributed by atoms with Gasteiger partial charge in [0.15, 0.2) is 6.61 Å². The zero-order chi connectivity index (χ0) is 21.7. The van der Waals surface area contributed by atoms with Crippen LogP contribution >= 0.6 is 0 Å². The van der Waals surface area contributed by atoms with Gasteiger partial charge in [-0.25, -0.2) is 9.48 Å². The molecule has 1 N–H and O–H groups in total. The quantitative estimate of drug-likeness (QED) is 0.605. The monoisotopic (exact) mass is 409 g/mol. The number of hydrogen-bond donors (Lipinski definition) is 1. The fraction of sp³-hybridized carbons (Fsp3) is 0.227. The van der Waals surface area contributed by atoms with E-state index in [-0.39, 0.29) is 11.2 Å². The van der Waals surface area contributed by atoms with Gasteiger partial charge in [0.25, 0.3) is 11.5 Å². The summed E-state index contributed by atoms with van der Waals surface area (Å²) < 4.78 is 13.2. The standard InChI is InChI=1S/C22H23N3O5/c1-15-20(21(27)25(24(15)2)18-10-5-4-6-11-18)23-19(26)14-30-22(28)17-9-7-8-16(12-17)13-29-3/h4-12H,13-14H2,1-3H3,(H,23,26). The normalized spacial score (nSPS) is 10.6. The molecule has 1 heterocycles. The zero-order valence-electron chi connectivity index (χ0n) is 17.0. The van der Waals surface area contributed by atoms with Crippen LogP contribution in [0.4, 0.5) is 5.69 Å². The average Bonchev–Trinajstić information content (AvgIpc) is 2.96. The molecule has 0 aliphatic carbocycles. The number of aromatic nitrogens is 2. The summed E-state index contributed by atoms with van der Waals surface area (Å²) in [6.45, 7) is 1.58. The summed E-state index contributed by atoms with van der Waals surface area (Å²) in [6.07, 6.45) is 0. The summed E-state index contributed by atoms with van der Waals surface area (Å²) in [5, 5.41) is 2.56. The number of carbonyl (C=O) groups is 2. The van der Waals surface area contributed by atoms with Crippen LogP contribution in [0.15, 0.2) is 59.4 Å². The maximum Gasteiger partial charge on any atom is 0.338 e. The molecule has 0 atom stereocenters. The summed E-state index contributed by atoms with van der Waals surface area (Å²) in [4.78, 5) is 37.3. The minimum atomic E-state index is -0.630. The Kier molecular flexibility index (Phi) is 6.48. The molecule has 0 aliphatic rings. The first-order valence-corrected chi connectivity index (χ1v) is 9.31. The van der Waals surface area contributed by atoms with Crippen molar-refractivity contribution in [3.05, 3.63) is 81.8 Å². The lowest BCUT2D eigenvalue weighted by molar-refractivity contribution is -0.119. The molecular weight excluding hydrogens is 386 g/mol. The fourth-order valence-corrected chi connectivity index (χ4v) is 3.06. The molecule has 0 saturated heterocycles. The highest BCUT2D eigenvalue weighted by atomic mass is 16.5. The molecule has 3 aromatic rings. The maximum absolute atomic E-state index is 12.8. The molecule has 0 unspecified atom stereocenters. The molecule has 0 spiro atoms. The lowest BCUT2D eigenvalue weighted by Crippen LogP contribution is -2.25. The number of benzene rings is 2. The van der Waals surface area contributed by atoms with Gasteiger partial charge in [0.1, 0.15) is 5.69 Å². The molecule has 0 fully saturated rings. The van der Waals surface area contributed by atoms with Gasteiger partial charge >= 0.3 is 5.97 Å². The van der Waals surface area contributed by atoms with Crippen LogP contribution in [0.25, 0.3) is 5.69 Å². The topological polar surface area (TPSA) is 91.6 Å². The van der Waals surface area contributed by atoms with E-state index in [1.807, 2.05) is 24.3 Å². The minimum absolute atomic E-state index is 0.143. The van der Waals surface area contributed by atoms with E-state index < -0.39 is 18.5 Å². The molecule has 156 valence electrons. The number of methoxy groups -OCH3 is 1. The van der Waals surface area contributed by atoms with Crippen LogP contribution in [-0.4, -0.2) is 35.0 Å². The van der Waals surface area contributed by atoms with E-state index in [2.05, 4.69) is 5.32 Å². The Morgan fingerprint density at radius 3 is 2.50 bits per heavy atom. The van der Waals surface area contributed by atoms with Gasteiger partial charge in [-0.05, 0) is 36.8 Å². The highest BCUT2D eigenvalue weighted by Gasteiger charge is 2.19. The number of hydrogen-bond acceptors (Lipinski definition) is 5. The third kappa shape index (κ3) is 4.49. The van der Waals surface area contributed by atoms with Crippen molar-refractivity contribution in [3.63, 3.8) is 0 Å². The number of amides is 1. The van der Waals surface area contributed by atoms with E-state index in [9.17, 15) is 14.4 Å². The molecule has 3 rings (SSSR count). The molecule has 30 heavy (non-hydrogen) atoms. The van der Waals surface area contributed by atoms with Crippen molar-refractivity contribution >= 4 is 17.6 Å². The first kappa shape index (κ1) is 21.1. The zero-order valence-corrected chi connectivity index (χ0v) is 17.0. The van der Waals surface area contributed by atoms with Crippen molar-refractivity contribution in [3.8, 4) is 5.69 Å². The second-order valence-electron chi connectivity index (χ2n) is 6.69. The summed E-state index contributed by atoms with van der Waals surface area (Å²) in [5.41, 5.74) is 2.17. The lowest BCUT2D eigenvalue weighted by Gasteiger charge is -2.07. The highest BCUT2D eigenvalue weighted by molar-refractivity contribution is 5.95. The number of nitrogens with zero attached hydrogens (tertiary/aromatic N) is 2. The van der Waals surface area contributed by atoms with E-state index >= 15 is 0 Å². The summed E-state index contributed by atoms with van der Waals surface area (Å²) in [7, 11) is 3.29. The Morgan fingerprint density at radius 2 is 1.80 bits per heavy atom. The minimum Gasteiger partial charge on any atom is -0.452 e. The first-order chi connectivity index (χ1) is 14.4. The molecule has 0 saturated carbocycles. The molecule has 8 nitrogen and oxygen atoms in total. The van der Waals surface area contributed by atoms with Crippen molar-refractivity contribution in [2.75, 3.05) is 19.0 Å². The lowest BCUT2D eigenvalue weighted by atomic mass is 10.1. The van der Waals surface area contributed by atoms with Crippen LogP contribution in [0, 0.1) is 6.92 Å². The first-order valence-electron chi connectivity index (χ1n) is 9.31. The average molecular weight is 409 g/mol. The van der Waals surface area contributed by atoms with Crippen LogP contribution < -0.4 is 10.9 Å². The molecule has 2 aromatic carbocycles. The van der Waals surface area contributed by atoms with Gasteiger partial charge in [0.2, 0.25) is 0 Å². The second kappa shape index (κ2) is 9.23. The van der Waals surface area contributed by atoms with E-state index in [1.165, 1.54) is 4.68 Å². The maximum atomic E-state index is 12.8. The van der Waals surface area contributed by atoms with E-state index in [1.54, 1.807) is 56.1 Å². The molecular formula is C22H23N3O5. The number of anilines is 1. The SMILES string of the molecule is COCc1cccc(C(=O)OCC(=O)Nc2c(C)n(C)n(-c3ccccc3)c2=O)c1. The number of para-hydroxylation sites is 1. The Morgan fingerprint density at radius 1 is 1.07 bits per heavy atom. The van der Waals surface area contributed by atoms with Gasteiger partial charge in [-0.1, -0.05) is 30.3 Å². The van der Waals surface area contributed by atoms with Gasteiger partial charge in [-0.2, -0.15) is 0 Å². The van der Waals surface area contributed by atoms with Crippen molar-refractivity contribution in [1.82, 2.24) is 9.36 Å². The third-order valence-electron chi connectivity index (χ3n) is 4.63. The van der Waals surface area contributed by atoms with E-state index in [4.69, 9.17) is 9.47 Å². The number of ether oxygens (including phenoxy) is 2. The molecule has 8 heteroatoms. The molecule has 0 radical (unpaired) electrons. The van der Waals surface area contributed by atoms with E-state index in [0.717, 1.165) is 5.56 Å². The van der Waals surface area contributed by atoms with Gasteiger partial charge in [0, 0.05) is 14.2 Å². The molecule has 0 aliphatic heterocycles. The summed E-state index contributed by atoms with van der Waals surface area (Å²) >= 11 is 0. The van der Waals surface area contributed by atoms with Gasteiger partial charge in [-0.3, -0.25) is 14.3 Å². The van der Waals surface area contributed by atoms with Gasteiger partial charge in [0.05, 0.1) is 23.6 Å². The third-order valence-corrected chi connectivity index (χ3v) is 4.63. The summed E-state index contributed by atoms with van der Waals surface area (Å²) in [6, 6.07) is 15.9. The largest absolute Gasteiger partial charge is 0.452 e. The Balaban J connectivity index is 1.69. The van der Waals surface area contributed by atoms with Crippen LogP contribution in [0.3, 0.4) is 0 Å². The van der Waals surface area contributed by atoms with Crippen LogP contribution in [0.1, 0.15) is 21.6 Å². The summed E-state index contributed by atoms with van der Waals surface area (Å²) in [5.74, 6) is -1.23. The Hall–Kier alpha value is -3.65. The predicted molar refractivity (Wildman–Crippen MR) is 112 cm³/mol. The van der Waals surface area contributed by atoms with Crippen molar-refractivity contribution in [1.29, 1.82) is 0 Å². The van der Waals surface area contributed by atoms with Crippen molar-refractivity contribution < 1.29 is 19.1 Å². The Bertz CT molecular complexity index is 1120. The number of rotatable bonds is 7. The van der Waals surface area contributed by atoms with Crippen LogP contribution in [-0.2, 0) is 27.9 Å². The van der Waals surface area contributed by atoms with Crippen LogP contribution in [0.5, 0.6) is 0 Å².